The number of thiazole rings is 1. The van der Waals surface area contributed by atoms with Crippen molar-refractivity contribution in [3.05, 3.63) is 16.6 Å². The molecule has 0 radical (unpaired) electrons. The molecule has 1 aromatic rings. The third-order valence-corrected chi connectivity index (χ3v) is 1.70. The molecule has 0 aliphatic rings. The van der Waals surface area contributed by atoms with Crippen molar-refractivity contribution in [2.75, 3.05) is 0 Å². The van der Waals surface area contributed by atoms with E-state index in [1.54, 1.807) is 0 Å². The molecule has 1 nitrogen and oxygen atoms in total. The first kappa shape index (κ1) is 10.2. The molecule has 0 saturated heterocycles. The van der Waals surface area contributed by atoms with Gasteiger partial charge in [-0.2, -0.15) is 0 Å². The second-order valence-electron chi connectivity index (χ2n) is 3.07. The molecular weight excluding hydrogens is 137 g/mol. The Morgan fingerprint density at radius 2 is 2.10 bits per heavy atom. The smallest absolute Gasteiger partial charge is 0.390 e. The molecule has 0 unspecified atom stereocenters. The number of hydrogen-bond donors (Lipinski definition) is 0. The molecule has 0 aromatic carbocycles. The van der Waals surface area contributed by atoms with Gasteiger partial charge in [-0.1, -0.05) is 31.9 Å². The normalized spacial score (nSPS) is 10.7. The van der Waals surface area contributed by atoms with Crippen molar-refractivity contribution < 1.29 is 18.9 Å². The van der Waals surface area contributed by atoms with E-state index in [-0.39, 0.29) is 24.3 Å². The van der Waals surface area contributed by atoms with E-state index >= 15 is 0 Å². The van der Waals surface area contributed by atoms with Gasteiger partial charge in [-0.05, 0) is 5.51 Å². The molecule has 1 rings (SSSR count). The van der Waals surface area contributed by atoms with Gasteiger partial charge >= 0.3 is 18.9 Å². The second-order valence-corrected chi connectivity index (χ2v) is 3.73. The Kier molecular flexibility index (Phi) is 3.65. The summed E-state index contributed by atoms with van der Waals surface area (Å²) < 4.78 is 0. The van der Waals surface area contributed by atoms with Crippen LogP contribution in [-0.4, -0.2) is 4.98 Å². The Labute approximate surface area is 78.0 Å². The summed E-state index contributed by atoms with van der Waals surface area (Å²) in [6.45, 7) is 6.45. The second kappa shape index (κ2) is 3.57. The monoisotopic (exact) mass is 147 g/mol. The van der Waals surface area contributed by atoms with Crippen LogP contribution < -0.4 is 18.9 Å². The van der Waals surface area contributed by atoms with E-state index in [9.17, 15) is 0 Å². The van der Waals surface area contributed by atoms with Gasteiger partial charge in [-0.3, -0.25) is 11.3 Å². The maximum atomic E-state index is 4.08. The minimum Gasteiger partial charge on any atom is -0.390 e. The van der Waals surface area contributed by atoms with Gasteiger partial charge in [0.25, 0.3) is 0 Å². The van der Waals surface area contributed by atoms with Crippen LogP contribution in [0.4, 0.5) is 0 Å². The summed E-state index contributed by atoms with van der Waals surface area (Å²) in [5.41, 5.74) is 4.15. The zero-order chi connectivity index (χ0) is 6.91. The van der Waals surface area contributed by atoms with Gasteiger partial charge in [0.15, 0.2) is 0 Å². The summed E-state index contributed by atoms with van der Waals surface area (Å²) in [6.07, 6.45) is 0. The fourth-order valence-corrected chi connectivity index (χ4v) is 1.25. The van der Waals surface area contributed by atoms with Crippen LogP contribution in [0.5, 0.6) is 0 Å². The molecule has 0 saturated carbocycles. The topological polar surface area (TPSA) is 12.9 Å². The molecule has 0 amide bonds. The Balaban J connectivity index is 0.000000810. The third-order valence-electron chi connectivity index (χ3n) is 1.16. The summed E-state index contributed by atoms with van der Waals surface area (Å²) in [5, 5.41) is 2.04. The van der Waals surface area contributed by atoms with Crippen molar-refractivity contribution in [1.29, 1.82) is 0 Å². The molecule has 0 N–H and O–H groups in total. The predicted octanol–water partition coefficient (Wildman–Crippen LogP) is -0.755. The van der Waals surface area contributed by atoms with Crippen molar-refractivity contribution in [1.82, 2.24) is 4.98 Å². The molecule has 0 atom stereocenters. The van der Waals surface area contributed by atoms with E-state index in [1.165, 1.54) is 11.3 Å². The Bertz CT molecular complexity index is 176. The largest absolute Gasteiger partial charge is 1.00 e. The number of nitrogens with zero attached hydrogens (tertiary/aromatic N) is 1. The molecule has 0 spiro atoms. The summed E-state index contributed by atoms with van der Waals surface area (Å²) in [4.78, 5) is 4.08. The maximum absolute atomic E-state index is 4.08. The summed E-state index contributed by atoms with van der Waals surface area (Å²) in [6, 6.07) is 0. The van der Waals surface area contributed by atoms with E-state index in [0.29, 0.717) is 0 Å². The van der Waals surface area contributed by atoms with Crippen LogP contribution in [0.2, 0.25) is 0 Å². The Morgan fingerprint density at radius 1 is 1.50 bits per heavy atom. The predicted molar refractivity (Wildman–Crippen MR) is 39.7 cm³/mol. The van der Waals surface area contributed by atoms with E-state index in [0.717, 1.165) is 5.69 Å². The third kappa shape index (κ3) is 2.46. The molecular formula is C7H10LiNS. The molecule has 0 aliphatic heterocycles. The van der Waals surface area contributed by atoms with Crippen LogP contribution in [0, 0.1) is 5.51 Å². The zero-order valence-corrected chi connectivity index (χ0v) is 7.75. The van der Waals surface area contributed by atoms with Crippen molar-refractivity contribution in [2.45, 2.75) is 26.2 Å². The van der Waals surface area contributed by atoms with Crippen molar-refractivity contribution in [2.24, 2.45) is 0 Å². The van der Waals surface area contributed by atoms with E-state index in [4.69, 9.17) is 0 Å². The van der Waals surface area contributed by atoms with Crippen LogP contribution in [0.25, 0.3) is 0 Å². The number of rotatable bonds is 0. The first-order valence-corrected chi connectivity index (χ1v) is 3.81. The van der Waals surface area contributed by atoms with Crippen LogP contribution in [0.15, 0.2) is 5.38 Å². The summed E-state index contributed by atoms with van der Waals surface area (Å²) >= 11 is 1.53. The number of aromatic nitrogens is 1. The van der Waals surface area contributed by atoms with Crippen LogP contribution >= 0.6 is 11.3 Å². The SMILES string of the molecule is CC(C)(C)c1cs[c-]n1.[Li+]. The van der Waals surface area contributed by atoms with E-state index < -0.39 is 0 Å². The average molecular weight is 147 g/mol. The van der Waals surface area contributed by atoms with Crippen LogP contribution in [0.3, 0.4) is 0 Å². The van der Waals surface area contributed by atoms with Gasteiger partial charge in [0.2, 0.25) is 0 Å². The standard InChI is InChI=1S/C7H10NS.Li/c1-7(2,3)6-4-9-5-8-6;/h4H,1-3H3;/q-1;+1. The minimum absolute atomic E-state index is 0. The van der Waals surface area contributed by atoms with Crippen LogP contribution in [-0.2, 0) is 5.41 Å². The molecule has 50 valence electrons. The molecule has 3 heteroatoms. The first-order chi connectivity index (χ1) is 4.11. The van der Waals surface area contributed by atoms with Crippen molar-refractivity contribution >= 4 is 11.3 Å². The fourth-order valence-electron chi connectivity index (χ4n) is 0.529. The first-order valence-electron chi connectivity index (χ1n) is 2.93. The molecule has 0 aliphatic carbocycles. The molecule has 0 bridgehead atoms. The zero-order valence-electron chi connectivity index (χ0n) is 6.93. The van der Waals surface area contributed by atoms with Crippen molar-refractivity contribution in [3.63, 3.8) is 0 Å². The van der Waals surface area contributed by atoms with Gasteiger partial charge in [0.1, 0.15) is 0 Å². The summed E-state index contributed by atoms with van der Waals surface area (Å²) in [7, 11) is 0. The van der Waals surface area contributed by atoms with Gasteiger partial charge in [0.05, 0.1) is 0 Å². The maximum Gasteiger partial charge on any atom is 1.00 e. The van der Waals surface area contributed by atoms with E-state index in [1.807, 2.05) is 5.38 Å². The van der Waals surface area contributed by atoms with Gasteiger partial charge < -0.3 is 4.98 Å². The van der Waals surface area contributed by atoms with Gasteiger partial charge in [-0.15, -0.1) is 5.38 Å². The molecule has 0 fully saturated rings. The average Bonchev–Trinajstić information content (AvgIpc) is 2.08. The number of hydrogen-bond acceptors (Lipinski definition) is 2. The van der Waals surface area contributed by atoms with Gasteiger partial charge in [0, 0.05) is 0 Å². The quantitative estimate of drug-likeness (QED) is 0.347. The molecule has 1 heterocycles. The van der Waals surface area contributed by atoms with Crippen LogP contribution in [0.1, 0.15) is 26.5 Å². The van der Waals surface area contributed by atoms with Gasteiger partial charge in [-0.25, -0.2) is 0 Å². The molecule has 10 heavy (non-hydrogen) atoms. The Morgan fingerprint density at radius 3 is 2.30 bits per heavy atom. The molecule has 1 aromatic heterocycles. The minimum atomic E-state index is 0. The fraction of sp³-hybridized carbons (Fsp3) is 0.571. The van der Waals surface area contributed by atoms with Crippen molar-refractivity contribution in [3.8, 4) is 0 Å². The van der Waals surface area contributed by atoms with E-state index in [2.05, 4.69) is 31.3 Å². The Hall–Kier alpha value is 0.227. The summed E-state index contributed by atoms with van der Waals surface area (Å²) in [5.74, 6) is 0.